The van der Waals surface area contributed by atoms with Crippen molar-refractivity contribution in [1.82, 2.24) is 10.2 Å². The number of ether oxygens (including phenoxy) is 1. The molecule has 0 bridgehead atoms. The summed E-state index contributed by atoms with van der Waals surface area (Å²) >= 11 is 0. The zero-order chi connectivity index (χ0) is 8.97. The van der Waals surface area contributed by atoms with Gasteiger partial charge in [-0.05, 0) is 0 Å². The third-order valence-electron chi connectivity index (χ3n) is 1.92. The van der Waals surface area contributed by atoms with E-state index in [1.165, 1.54) is 0 Å². The highest BCUT2D eigenvalue weighted by atomic mass is 16.5. The lowest BCUT2D eigenvalue weighted by molar-refractivity contribution is -0.134. The van der Waals surface area contributed by atoms with Crippen molar-refractivity contribution in [2.24, 2.45) is 5.92 Å². The molecule has 0 aliphatic carbocycles. The topological polar surface area (TPSA) is 41.6 Å². The monoisotopic (exact) mass is 172 g/mol. The second-order valence-corrected chi connectivity index (χ2v) is 3.21. The molecule has 1 saturated heterocycles. The number of hydrogen-bond acceptors (Lipinski definition) is 3. The minimum absolute atomic E-state index is 0.0116. The molecule has 12 heavy (non-hydrogen) atoms. The second kappa shape index (κ2) is 4.42. The van der Waals surface area contributed by atoms with Gasteiger partial charge in [0.05, 0.1) is 19.1 Å². The van der Waals surface area contributed by atoms with Gasteiger partial charge in [-0.15, -0.1) is 0 Å². The van der Waals surface area contributed by atoms with E-state index in [9.17, 15) is 4.79 Å². The molecule has 0 aromatic carbocycles. The molecule has 0 saturated carbocycles. The maximum Gasteiger partial charge on any atom is 0.228 e. The third kappa shape index (κ3) is 2.46. The minimum Gasteiger partial charge on any atom is -0.379 e. The van der Waals surface area contributed by atoms with Crippen LogP contribution in [0.5, 0.6) is 0 Å². The summed E-state index contributed by atoms with van der Waals surface area (Å²) < 4.78 is 5.27. The second-order valence-electron chi connectivity index (χ2n) is 3.21. The summed E-state index contributed by atoms with van der Waals surface area (Å²) in [6.45, 7) is 2.83. The number of nitrogens with one attached hydrogen (secondary N) is 1. The van der Waals surface area contributed by atoms with E-state index >= 15 is 0 Å². The van der Waals surface area contributed by atoms with Crippen molar-refractivity contribution in [2.45, 2.75) is 0 Å². The Bertz CT molecular complexity index is 151. The van der Waals surface area contributed by atoms with Gasteiger partial charge in [-0.1, -0.05) is 0 Å². The number of rotatable bonds is 1. The fraction of sp³-hybridized carbons (Fsp3) is 0.875. The standard InChI is InChI=1S/C8H16N2O2/c1-10(2)8(11)7-5-9-3-4-12-6-7/h7,9H,3-6H2,1-2H3. The number of amides is 1. The Morgan fingerprint density at radius 1 is 1.58 bits per heavy atom. The first-order valence-electron chi connectivity index (χ1n) is 4.21. The SMILES string of the molecule is CN(C)C(=O)C1CNCCOC1. The summed E-state index contributed by atoms with van der Waals surface area (Å²) in [7, 11) is 3.54. The Hall–Kier alpha value is -0.610. The van der Waals surface area contributed by atoms with Gasteiger partial charge in [0.1, 0.15) is 0 Å². The van der Waals surface area contributed by atoms with Gasteiger partial charge in [0.15, 0.2) is 0 Å². The van der Waals surface area contributed by atoms with Crippen LogP contribution < -0.4 is 5.32 Å². The first kappa shape index (κ1) is 9.48. The molecule has 1 aliphatic heterocycles. The van der Waals surface area contributed by atoms with Crippen LogP contribution in [0, 0.1) is 5.92 Å². The number of nitrogens with zero attached hydrogens (tertiary/aromatic N) is 1. The minimum atomic E-state index is -0.0116. The fourth-order valence-corrected chi connectivity index (χ4v) is 1.23. The maximum absolute atomic E-state index is 11.5. The van der Waals surface area contributed by atoms with Gasteiger partial charge < -0.3 is 15.0 Å². The lowest BCUT2D eigenvalue weighted by Crippen LogP contribution is -2.36. The van der Waals surface area contributed by atoms with E-state index < -0.39 is 0 Å². The van der Waals surface area contributed by atoms with Crippen LogP contribution in [-0.4, -0.2) is 51.2 Å². The van der Waals surface area contributed by atoms with Crippen molar-refractivity contribution in [1.29, 1.82) is 0 Å². The van der Waals surface area contributed by atoms with Crippen molar-refractivity contribution in [2.75, 3.05) is 40.4 Å². The van der Waals surface area contributed by atoms with Crippen molar-refractivity contribution in [3.05, 3.63) is 0 Å². The zero-order valence-electron chi connectivity index (χ0n) is 7.67. The van der Waals surface area contributed by atoms with Gasteiger partial charge >= 0.3 is 0 Å². The van der Waals surface area contributed by atoms with Crippen molar-refractivity contribution < 1.29 is 9.53 Å². The largest absolute Gasteiger partial charge is 0.379 e. The molecule has 0 spiro atoms. The van der Waals surface area contributed by atoms with E-state index in [1.807, 2.05) is 0 Å². The van der Waals surface area contributed by atoms with Crippen molar-refractivity contribution in [3.63, 3.8) is 0 Å². The normalized spacial score (nSPS) is 24.7. The smallest absolute Gasteiger partial charge is 0.228 e. The van der Waals surface area contributed by atoms with Crippen LogP contribution in [-0.2, 0) is 9.53 Å². The molecule has 1 unspecified atom stereocenters. The molecular formula is C8H16N2O2. The van der Waals surface area contributed by atoms with Crippen molar-refractivity contribution in [3.8, 4) is 0 Å². The molecule has 1 fully saturated rings. The Morgan fingerprint density at radius 2 is 2.33 bits per heavy atom. The van der Waals surface area contributed by atoms with E-state index in [1.54, 1.807) is 19.0 Å². The average molecular weight is 172 g/mol. The fourth-order valence-electron chi connectivity index (χ4n) is 1.23. The van der Waals surface area contributed by atoms with Crippen LogP contribution in [0.1, 0.15) is 0 Å². The van der Waals surface area contributed by atoms with E-state index in [2.05, 4.69) is 5.32 Å². The number of carbonyl (C=O) groups excluding carboxylic acids is 1. The summed E-state index contributed by atoms with van der Waals surface area (Å²) in [6.07, 6.45) is 0. The predicted molar refractivity (Wildman–Crippen MR) is 45.9 cm³/mol. The quantitative estimate of drug-likeness (QED) is 0.569. The van der Waals surface area contributed by atoms with Crippen LogP contribution in [0.2, 0.25) is 0 Å². The number of carbonyl (C=O) groups is 1. The number of hydrogen-bond donors (Lipinski definition) is 1. The van der Waals surface area contributed by atoms with Crippen LogP contribution >= 0.6 is 0 Å². The van der Waals surface area contributed by atoms with Crippen molar-refractivity contribution >= 4 is 5.91 Å². The Labute approximate surface area is 72.9 Å². The molecule has 0 radical (unpaired) electrons. The molecule has 1 amide bonds. The van der Waals surface area contributed by atoms with Crippen LogP contribution in [0.3, 0.4) is 0 Å². The lowest BCUT2D eigenvalue weighted by atomic mass is 10.1. The Balaban J connectivity index is 2.43. The highest BCUT2D eigenvalue weighted by Gasteiger charge is 2.21. The summed E-state index contributed by atoms with van der Waals surface area (Å²) in [5.74, 6) is 0.131. The van der Waals surface area contributed by atoms with Crippen LogP contribution in [0.4, 0.5) is 0 Å². The zero-order valence-corrected chi connectivity index (χ0v) is 7.67. The van der Waals surface area contributed by atoms with Gasteiger partial charge in [-0.3, -0.25) is 4.79 Å². The molecule has 1 aliphatic rings. The van der Waals surface area contributed by atoms with Gasteiger partial charge in [-0.2, -0.15) is 0 Å². The van der Waals surface area contributed by atoms with Gasteiger partial charge in [0, 0.05) is 27.2 Å². The van der Waals surface area contributed by atoms with E-state index in [0.717, 1.165) is 13.1 Å². The molecule has 0 aromatic heterocycles. The highest BCUT2D eigenvalue weighted by Crippen LogP contribution is 2.02. The molecule has 4 nitrogen and oxygen atoms in total. The molecule has 1 heterocycles. The molecule has 1 N–H and O–H groups in total. The van der Waals surface area contributed by atoms with E-state index in [0.29, 0.717) is 13.2 Å². The summed E-state index contributed by atoms with van der Waals surface area (Å²) in [6, 6.07) is 0. The average Bonchev–Trinajstić information content (AvgIpc) is 2.30. The molecule has 1 rings (SSSR count). The van der Waals surface area contributed by atoms with Gasteiger partial charge in [0.2, 0.25) is 5.91 Å². The van der Waals surface area contributed by atoms with Crippen LogP contribution in [0.15, 0.2) is 0 Å². The van der Waals surface area contributed by atoms with E-state index in [4.69, 9.17) is 4.74 Å². The summed E-state index contributed by atoms with van der Waals surface area (Å²) in [4.78, 5) is 13.1. The summed E-state index contributed by atoms with van der Waals surface area (Å²) in [5.41, 5.74) is 0. The predicted octanol–water partition coefficient (Wildman–Crippen LogP) is -0.689. The maximum atomic E-state index is 11.5. The first-order valence-corrected chi connectivity index (χ1v) is 4.21. The van der Waals surface area contributed by atoms with Gasteiger partial charge in [0.25, 0.3) is 0 Å². The first-order chi connectivity index (χ1) is 5.72. The van der Waals surface area contributed by atoms with Crippen LogP contribution in [0.25, 0.3) is 0 Å². The van der Waals surface area contributed by atoms with E-state index in [-0.39, 0.29) is 11.8 Å². The lowest BCUT2D eigenvalue weighted by Gasteiger charge is -2.17. The molecular weight excluding hydrogens is 156 g/mol. The molecule has 0 aromatic rings. The highest BCUT2D eigenvalue weighted by molar-refractivity contribution is 5.78. The molecule has 70 valence electrons. The van der Waals surface area contributed by atoms with Gasteiger partial charge in [-0.25, -0.2) is 0 Å². The Kier molecular flexibility index (Phi) is 3.49. The Morgan fingerprint density at radius 3 is 3.00 bits per heavy atom. The molecule has 4 heteroatoms. The summed E-state index contributed by atoms with van der Waals surface area (Å²) in [5, 5.41) is 3.16. The molecule has 1 atom stereocenters. The third-order valence-corrected chi connectivity index (χ3v) is 1.92.